The van der Waals surface area contributed by atoms with E-state index in [1.165, 1.54) is 0 Å². The third-order valence-corrected chi connectivity index (χ3v) is 3.26. The standard InChI is InChI=1S/C17H36N4O4.2ClH/c1-15(2,3)20-13(22)24-11-8-17(19,7-10-18)9-12-25-14(23)21-16(4,5)6;;/h7-12,18-19H2,1-6H3,(H,20,22)(H,21,23);2*1H. The molecule has 0 bridgehead atoms. The van der Waals surface area contributed by atoms with Crippen molar-refractivity contribution >= 4 is 37.0 Å². The average Bonchev–Trinajstić information content (AvgIpc) is 2.34. The van der Waals surface area contributed by atoms with E-state index in [4.69, 9.17) is 20.9 Å². The Morgan fingerprint density at radius 2 is 1.11 bits per heavy atom. The highest BCUT2D eigenvalue weighted by molar-refractivity contribution is 5.85. The van der Waals surface area contributed by atoms with Crippen molar-refractivity contribution in [2.75, 3.05) is 19.8 Å². The SMILES string of the molecule is CC(C)(C)NC(=O)OCCC(N)(CCN)CCOC(=O)NC(C)(C)C.Cl.Cl. The third kappa shape index (κ3) is 18.2. The van der Waals surface area contributed by atoms with Gasteiger partial charge >= 0.3 is 12.2 Å². The molecule has 0 fully saturated rings. The summed E-state index contributed by atoms with van der Waals surface area (Å²) in [5, 5.41) is 5.43. The Morgan fingerprint density at radius 3 is 1.37 bits per heavy atom. The molecular weight excluding hydrogens is 395 g/mol. The van der Waals surface area contributed by atoms with Crippen LogP contribution in [0.15, 0.2) is 0 Å². The normalized spacial score (nSPS) is 11.6. The van der Waals surface area contributed by atoms with Gasteiger partial charge in [0.1, 0.15) is 0 Å². The van der Waals surface area contributed by atoms with Crippen LogP contribution in [-0.2, 0) is 9.47 Å². The summed E-state index contributed by atoms with van der Waals surface area (Å²) in [6, 6.07) is 0. The monoisotopic (exact) mass is 432 g/mol. The Bertz CT molecular complexity index is 404. The van der Waals surface area contributed by atoms with Gasteiger partial charge in [-0.3, -0.25) is 0 Å². The second kappa shape index (κ2) is 13.3. The number of hydrogen-bond donors (Lipinski definition) is 4. The van der Waals surface area contributed by atoms with E-state index in [9.17, 15) is 9.59 Å². The Labute approximate surface area is 175 Å². The first kappa shape index (κ1) is 30.8. The maximum atomic E-state index is 11.7. The van der Waals surface area contributed by atoms with E-state index in [2.05, 4.69) is 10.6 Å². The van der Waals surface area contributed by atoms with Crippen LogP contribution in [0.5, 0.6) is 0 Å². The molecule has 0 saturated carbocycles. The van der Waals surface area contributed by atoms with Crippen LogP contribution < -0.4 is 22.1 Å². The van der Waals surface area contributed by atoms with Gasteiger partial charge in [0.2, 0.25) is 0 Å². The van der Waals surface area contributed by atoms with Crippen LogP contribution in [0.1, 0.15) is 60.8 Å². The lowest BCUT2D eigenvalue weighted by Gasteiger charge is -2.29. The van der Waals surface area contributed by atoms with Crippen molar-refractivity contribution in [1.29, 1.82) is 0 Å². The fourth-order valence-corrected chi connectivity index (χ4v) is 2.04. The number of nitrogens with two attached hydrogens (primary N) is 2. The highest BCUT2D eigenvalue weighted by Gasteiger charge is 2.26. The molecule has 0 aliphatic carbocycles. The van der Waals surface area contributed by atoms with Crippen LogP contribution in [-0.4, -0.2) is 48.6 Å². The molecule has 8 nitrogen and oxygen atoms in total. The van der Waals surface area contributed by atoms with Gasteiger partial charge in [-0.1, -0.05) is 0 Å². The summed E-state index contributed by atoms with van der Waals surface area (Å²) in [7, 11) is 0. The topological polar surface area (TPSA) is 129 Å². The Kier molecular flexibility index (Phi) is 15.1. The molecule has 0 rings (SSSR count). The van der Waals surface area contributed by atoms with E-state index in [0.29, 0.717) is 25.8 Å². The summed E-state index contributed by atoms with van der Waals surface area (Å²) in [4.78, 5) is 23.3. The molecule has 0 saturated heterocycles. The summed E-state index contributed by atoms with van der Waals surface area (Å²) in [5.74, 6) is 0. The number of rotatable bonds is 8. The first-order valence-electron chi connectivity index (χ1n) is 8.65. The van der Waals surface area contributed by atoms with E-state index in [0.717, 1.165) is 0 Å². The maximum absolute atomic E-state index is 11.7. The summed E-state index contributed by atoms with van der Waals surface area (Å²) in [6.07, 6.45) is 0.450. The highest BCUT2D eigenvalue weighted by atomic mass is 35.5. The number of ether oxygens (including phenoxy) is 2. The molecule has 0 aliphatic rings. The van der Waals surface area contributed by atoms with Crippen molar-refractivity contribution in [3.05, 3.63) is 0 Å². The number of carbonyl (C=O) groups excluding carboxylic acids is 2. The van der Waals surface area contributed by atoms with Gasteiger partial charge in [0.25, 0.3) is 0 Å². The first-order valence-corrected chi connectivity index (χ1v) is 8.65. The van der Waals surface area contributed by atoms with E-state index in [1.807, 2.05) is 41.5 Å². The van der Waals surface area contributed by atoms with Crippen molar-refractivity contribution in [3.63, 3.8) is 0 Å². The second-order valence-corrected chi connectivity index (χ2v) is 8.42. The molecule has 0 aromatic rings. The van der Waals surface area contributed by atoms with Crippen molar-refractivity contribution in [3.8, 4) is 0 Å². The minimum atomic E-state index is -0.654. The van der Waals surface area contributed by atoms with Crippen molar-refractivity contribution in [2.24, 2.45) is 11.5 Å². The van der Waals surface area contributed by atoms with Gasteiger partial charge in [-0.05, 0) is 67.3 Å². The Morgan fingerprint density at radius 1 is 0.778 bits per heavy atom. The molecular formula is C17H38Cl2N4O4. The zero-order valence-corrected chi connectivity index (χ0v) is 19.0. The maximum Gasteiger partial charge on any atom is 0.407 e. The van der Waals surface area contributed by atoms with Gasteiger partial charge in [-0.15, -0.1) is 24.8 Å². The highest BCUT2D eigenvalue weighted by Crippen LogP contribution is 2.17. The fraction of sp³-hybridized carbons (Fsp3) is 0.882. The summed E-state index contributed by atoms with van der Waals surface area (Å²) in [5.41, 5.74) is 10.6. The quantitative estimate of drug-likeness (QED) is 0.466. The largest absolute Gasteiger partial charge is 0.449 e. The summed E-state index contributed by atoms with van der Waals surface area (Å²) >= 11 is 0. The average molecular weight is 433 g/mol. The predicted molar refractivity (Wildman–Crippen MR) is 113 cm³/mol. The molecule has 0 aliphatic heterocycles. The zero-order chi connectivity index (χ0) is 19.7. The van der Waals surface area contributed by atoms with E-state index >= 15 is 0 Å². The molecule has 0 heterocycles. The van der Waals surface area contributed by atoms with Crippen LogP contribution >= 0.6 is 24.8 Å². The molecule has 0 radical (unpaired) electrons. The number of nitrogens with one attached hydrogen (secondary N) is 2. The van der Waals surface area contributed by atoms with Gasteiger partial charge in [0.05, 0.1) is 13.2 Å². The van der Waals surface area contributed by atoms with Crippen LogP contribution in [0, 0.1) is 0 Å². The number of hydrogen-bond acceptors (Lipinski definition) is 6. The van der Waals surface area contributed by atoms with Crippen molar-refractivity contribution in [2.45, 2.75) is 77.4 Å². The van der Waals surface area contributed by atoms with Crippen molar-refractivity contribution < 1.29 is 19.1 Å². The lowest BCUT2D eigenvalue weighted by Crippen LogP contribution is -2.46. The molecule has 27 heavy (non-hydrogen) atoms. The van der Waals surface area contributed by atoms with Crippen molar-refractivity contribution in [1.82, 2.24) is 10.6 Å². The predicted octanol–water partition coefficient (Wildman–Crippen LogP) is 2.71. The summed E-state index contributed by atoms with van der Waals surface area (Å²) < 4.78 is 10.3. The van der Waals surface area contributed by atoms with Gasteiger partial charge in [-0.25, -0.2) is 9.59 Å². The van der Waals surface area contributed by atoms with Gasteiger partial charge in [-0.2, -0.15) is 0 Å². The van der Waals surface area contributed by atoms with Gasteiger partial charge in [0.15, 0.2) is 0 Å². The van der Waals surface area contributed by atoms with E-state index in [1.54, 1.807) is 0 Å². The number of alkyl carbamates (subject to hydrolysis) is 2. The molecule has 10 heteroatoms. The second-order valence-electron chi connectivity index (χ2n) is 8.42. The van der Waals surface area contributed by atoms with Gasteiger partial charge < -0.3 is 31.6 Å². The number of halogens is 2. The Balaban J connectivity index is -0.00000288. The molecule has 6 N–H and O–H groups in total. The molecule has 0 spiro atoms. The lowest BCUT2D eigenvalue weighted by molar-refractivity contribution is 0.110. The smallest absolute Gasteiger partial charge is 0.407 e. The molecule has 0 atom stereocenters. The number of amides is 2. The van der Waals surface area contributed by atoms with Crippen LogP contribution in [0.25, 0.3) is 0 Å². The van der Waals surface area contributed by atoms with E-state index in [-0.39, 0.29) is 49.1 Å². The van der Waals surface area contributed by atoms with Gasteiger partial charge in [0, 0.05) is 16.6 Å². The van der Waals surface area contributed by atoms with Crippen LogP contribution in [0.3, 0.4) is 0 Å². The molecule has 164 valence electrons. The molecule has 0 unspecified atom stereocenters. The molecule has 0 aromatic heterocycles. The fourth-order valence-electron chi connectivity index (χ4n) is 2.04. The summed E-state index contributed by atoms with van der Waals surface area (Å²) in [6.45, 7) is 12.0. The molecule has 2 amide bonds. The van der Waals surface area contributed by atoms with E-state index < -0.39 is 17.7 Å². The molecule has 0 aromatic carbocycles. The van der Waals surface area contributed by atoms with Crippen LogP contribution in [0.4, 0.5) is 9.59 Å². The minimum Gasteiger partial charge on any atom is -0.449 e. The number of carbonyl (C=O) groups is 2. The van der Waals surface area contributed by atoms with Crippen LogP contribution in [0.2, 0.25) is 0 Å². The minimum absolute atomic E-state index is 0. The zero-order valence-electron chi connectivity index (χ0n) is 17.3. The first-order chi connectivity index (χ1) is 11.3. The lowest BCUT2D eigenvalue weighted by atomic mass is 9.89. The Hall–Kier alpha value is -0.960. The third-order valence-electron chi connectivity index (χ3n) is 3.26.